The number of likely N-dealkylation sites (tertiary alicyclic amines) is 2. The van der Waals surface area contributed by atoms with E-state index in [0.29, 0.717) is 68.2 Å². The summed E-state index contributed by atoms with van der Waals surface area (Å²) in [4.78, 5) is 70.6. The summed E-state index contributed by atoms with van der Waals surface area (Å²) in [7, 11) is 3.48. The number of nitrogens with one attached hydrogen (secondary N) is 3. The van der Waals surface area contributed by atoms with Crippen LogP contribution in [0, 0.1) is 0 Å². The molecule has 4 aromatic heterocycles. The molecule has 4 atom stereocenters. The number of alkyl halides is 3. The minimum absolute atomic E-state index is 0.183. The predicted molar refractivity (Wildman–Crippen MR) is 260 cm³/mol. The number of imidazole rings is 2. The molecule has 5 aliphatic heterocycles. The molecule has 0 bridgehead atoms. The summed E-state index contributed by atoms with van der Waals surface area (Å²) in [5.74, 6) is -3.45. The third kappa shape index (κ3) is 8.06. The largest absolute Gasteiger partial charge is 0.385 e. The maximum absolute atomic E-state index is 16.0. The van der Waals surface area contributed by atoms with Gasteiger partial charge in [0.1, 0.15) is 12.2 Å². The van der Waals surface area contributed by atoms with Crippen molar-refractivity contribution in [1.29, 1.82) is 0 Å². The lowest BCUT2D eigenvalue weighted by Gasteiger charge is -2.53. The van der Waals surface area contributed by atoms with E-state index in [0.717, 1.165) is 71.9 Å². The fourth-order valence-corrected chi connectivity index (χ4v) is 11.5. The molecule has 4 saturated heterocycles. The number of hydrogen-bond acceptors (Lipinski definition) is 13. The molecule has 71 heavy (non-hydrogen) atoms. The van der Waals surface area contributed by atoms with Gasteiger partial charge in [0.05, 0.1) is 47.2 Å². The normalized spacial score (nSPS) is 24.1. The van der Waals surface area contributed by atoms with E-state index in [4.69, 9.17) is 10.1 Å². The van der Waals surface area contributed by atoms with E-state index in [2.05, 4.69) is 35.6 Å². The summed E-state index contributed by atoms with van der Waals surface area (Å²) in [6, 6.07) is 15.9. The number of hydrogen-bond donors (Lipinski definition) is 3. The molecule has 9 heterocycles. The summed E-state index contributed by atoms with van der Waals surface area (Å²) in [6.45, 7) is 5.62. The predicted octanol–water partition coefficient (Wildman–Crippen LogP) is 3.71. The summed E-state index contributed by atoms with van der Waals surface area (Å²) in [5, 5.41) is 13.1. The van der Waals surface area contributed by atoms with Crippen LogP contribution in [0.1, 0.15) is 53.3 Å². The molecule has 6 aromatic rings. The number of pyridine rings is 1. The van der Waals surface area contributed by atoms with E-state index in [1.807, 2.05) is 64.4 Å². The van der Waals surface area contributed by atoms with Gasteiger partial charge < -0.3 is 20.4 Å². The Morgan fingerprint density at radius 3 is 2.45 bits per heavy atom. The fraction of sp³-hybridized carbons (Fsp3) is 0.460. The van der Waals surface area contributed by atoms with Crippen LogP contribution in [0.2, 0.25) is 0 Å². The second kappa shape index (κ2) is 17.5. The Morgan fingerprint density at radius 2 is 1.72 bits per heavy atom. The van der Waals surface area contributed by atoms with E-state index >= 15 is 8.78 Å². The highest BCUT2D eigenvalue weighted by Crippen LogP contribution is 2.41. The van der Waals surface area contributed by atoms with Gasteiger partial charge in [0.25, 0.3) is 11.8 Å². The quantitative estimate of drug-likeness (QED) is 0.161. The lowest BCUT2D eigenvalue weighted by atomic mass is 9.93. The van der Waals surface area contributed by atoms with E-state index in [-0.39, 0.29) is 42.7 Å². The Hall–Kier alpha value is -6.84. The minimum atomic E-state index is -2.86. The van der Waals surface area contributed by atoms with E-state index in [1.54, 1.807) is 24.9 Å². The van der Waals surface area contributed by atoms with Crippen molar-refractivity contribution in [2.24, 2.45) is 7.05 Å². The SMILES string of the molecule is CNc1cc(N2CCc3c(-c4ccc(CN5CCC(N6CC(N7CCN(c8ccc9c(c8)n(C)c(=O)n9C8CCC(=O)NC8=O)CC7)C6)C(F)(F)C5)cn4)cccc32)nn2c(C(=O)N[C@@H]3C[C@@H]3F)cnc12. The second-order valence-corrected chi connectivity index (χ2v) is 19.9. The van der Waals surface area contributed by atoms with Crippen molar-refractivity contribution in [3.8, 4) is 11.3 Å². The molecule has 5 fully saturated rings. The van der Waals surface area contributed by atoms with Gasteiger partial charge in [0, 0.05) is 121 Å². The molecular weight excluding hydrogens is 918 g/mol. The molecule has 18 nitrogen and oxygen atoms in total. The number of aryl methyl sites for hydroxylation is 1. The van der Waals surface area contributed by atoms with Crippen LogP contribution in [0.3, 0.4) is 0 Å². The molecule has 3 amide bonds. The van der Waals surface area contributed by atoms with Crippen molar-refractivity contribution in [3.63, 3.8) is 0 Å². The van der Waals surface area contributed by atoms with Crippen molar-refractivity contribution in [1.82, 2.24) is 54.0 Å². The van der Waals surface area contributed by atoms with Crippen LogP contribution >= 0.6 is 0 Å². The van der Waals surface area contributed by atoms with Crippen LogP contribution in [0.25, 0.3) is 27.9 Å². The molecule has 6 aliphatic rings. The molecule has 2 unspecified atom stereocenters. The van der Waals surface area contributed by atoms with Crippen molar-refractivity contribution >= 4 is 57.3 Å². The smallest absolute Gasteiger partial charge is 0.329 e. The lowest BCUT2D eigenvalue weighted by Crippen LogP contribution is -2.69. The number of nitrogens with zero attached hydrogens (tertiary/aromatic N) is 11. The van der Waals surface area contributed by atoms with Crippen LogP contribution in [-0.4, -0.2) is 157 Å². The second-order valence-electron chi connectivity index (χ2n) is 19.9. The van der Waals surface area contributed by atoms with Gasteiger partial charge in [-0.2, -0.15) is 0 Å². The first-order valence-electron chi connectivity index (χ1n) is 24.6. The van der Waals surface area contributed by atoms with Crippen molar-refractivity contribution in [2.75, 3.05) is 81.1 Å². The molecule has 21 heteroatoms. The summed E-state index contributed by atoms with van der Waals surface area (Å²) in [6.07, 6.45) is 4.10. The molecule has 2 aromatic carbocycles. The topological polar surface area (TPSA) is 174 Å². The first kappa shape index (κ1) is 45.3. The molecule has 0 spiro atoms. The van der Waals surface area contributed by atoms with Gasteiger partial charge in [-0.05, 0) is 60.7 Å². The Kier molecular flexibility index (Phi) is 11.2. The summed E-state index contributed by atoms with van der Waals surface area (Å²) >= 11 is 0. The molecule has 1 aliphatic carbocycles. The van der Waals surface area contributed by atoms with Gasteiger partial charge in [-0.25, -0.2) is 27.5 Å². The number of halogens is 3. The number of rotatable bonds is 11. The maximum Gasteiger partial charge on any atom is 0.329 e. The molecule has 12 rings (SSSR count). The minimum Gasteiger partial charge on any atom is -0.385 e. The zero-order valence-corrected chi connectivity index (χ0v) is 39.5. The molecule has 3 N–H and O–H groups in total. The highest BCUT2D eigenvalue weighted by atomic mass is 19.3. The van der Waals surface area contributed by atoms with Gasteiger partial charge in [0.15, 0.2) is 17.2 Å². The van der Waals surface area contributed by atoms with Gasteiger partial charge >= 0.3 is 5.69 Å². The maximum atomic E-state index is 16.0. The van der Waals surface area contributed by atoms with Gasteiger partial charge in [-0.15, -0.1) is 5.10 Å². The molecule has 1 saturated carbocycles. The monoisotopic (exact) mass is 972 g/mol. The molecule has 370 valence electrons. The molecular formula is C50H55F3N14O4. The number of carbonyl (C=O) groups is 3. The van der Waals surface area contributed by atoms with Crippen LogP contribution in [0.5, 0.6) is 0 Å². The van der Waals surface area contributed by atoms with E-state index in [1.165, 1.54) is 15.3 Å². The van der Waals surface area contributed by atoms with Gasteiger partial charge in [0.2, 0.25) is 11.8 Å². The van der Waals surface area contributed by atoms with Crippen LogP contribution < -0.4 is 31.4 Å². The standard InChI is InChI=1S/C50H55F3N14O4/c1-54-37-22-44(59-67-42(24-56-46(37)67)48(70)57-36-21-34(36)51)65-15-12-33-32(4-3-5-38(33)65)35-8-6-29(23-55-35)25-61-14-13-43(50(52,53)28-61)64-26-31(27-64)63-18-16-62(17-19-63)30-7-9-39-41(20-30)60(2)49(71)66(39)40-10-11-45(68)58-47(40)69/h3-9,20,22-24,31,34,36,40,43,54H,10-19,21,25-28H2,1-2H3,(H,57,70)(H,58,68,69)/t34-,36+,40?,43?/m0/s1. The Morgan fingerprint density at radius 1 is 0.901 bits per heavy atom. The van der Waals surface area contributed by atoms with Gasteiger partial charge in [-0.3, -0.25) is 48.5 Å². The van der Waals surface area contributed by atoms with Gasteiger partial charge in [-0.1, -0.05) is 18.2 Å². The zero-order valence-electron chi connectivity index (χ0n) is 39.5. The number of amides is 3. The number of imide groups is 1. The first-order chi connectivity index (χ1) is 34.3. The third-order valence-corrected chi connectivity index (χ3v) is 15.6. The summed E-state index contributed by atoms with van der Waals surface area (Å²) < 4.78 is 50.1. The van der Waals surface area contributed by atoms with Crippen molar-refractivity contribution in [3.05, 3.63) is 94.3 Å². The Bertz CT molecular complexity index is 3160. The van der Waals surface area contributed by atoms with E-state index < -0.39 is 42.0 Å². The summed E-state index contributed by atoms with van der Waals surface area (Å²) in [5.41, 5.74) is 8.17. The van der Waals surface area contributed by atoms with Crippen molar-refractivity contribution in [2.45, 2.75) is 74.9 Å². The van der Waals surface area contributed by atoms with Crippen LogP contribution in [0.15, 0.2) is 71.8 Å². The average Bonchev–Trinajstić information content (AvgIpc) is 3.62. The molecule has 0 radical (unpaired) electrons. The van der Waals surface area contributed by atoms with E-state index in [9.17, 15) is 23.6 Å². The number of benzene rings is 2. The number of fused-ring (bicyclic) bond motifs is 3. The highest BCUT2D eigenvalue weighted by molar-refractivity contribution is 6.00. The Balaban J connectivity index is 0.644. The van der Waals surface area contributed by atoms with Crippen molar-refractivity contribution < 1.29 is 27.6 Å². The van der Waals surface area contributed by atoms with Crippen LogP contribution in [0.4, 0.5) is 36.1 Å². The fourth-order valence-electron chi connectivity index (χ4n) is 11.5. The average molecular weight is 973 g/mol. The lowest BCUT2D eigenvalue weighted by molar-refractivity contribution is -0.154. The first-order valence-corrected chi connectivity index (χ1v) is 24.6. The number of anilines is 4. The Labute approximate surface area is 406 Å². The highest BCUT2D eigenvalue weighted by Gasteiger charge is 2.51. The number of piperidine rings is 2. The number of aromatic nitrogens is 6. The van der Waals surface area contributed by atoms with Crippen LogP contribution in [-0.2, 0) is 29.6 Å². The third-order valence-electron chi connectivity index (χ3n) is 15.6. The number of piperazine rings is 1. The number of carbonyl (C=O) groups excluding carboxylic acids is 3. The zero-order chi connectivity index (χ0) is 48.9.